The van der Waals surface area contributed by atoms with Gasteiger partial charge in [0.25, 0.3) is 5.97 Å². The summed E-state index contributed by atoms with van der Waals surface area (Å²) in [6.07, 6.45) is 1.74. The fourth-order valence-electron chi connectivity index (χ4n) is 3.22. The smallest absolute Gasteiger partial charge is 0.279 e. The minimum atomic E-state index is -0.924. The molecule has 0 atom stereocenters. The van der Waals surface area contributed by atoms with Crippen LogP contribution in [0, 0.1) is 26.0 Å². The molecular weight excluding hydrogens is 510 g/mol. The van der Waals surface area contributed by atoms with Crippen molar-refractivity contribution in [3.8, 4) is 11.5 Å². The van der Waals surface area contributed by atoms with E-state index in [0.29, 0.717) is 24.5 Å². The number of hydrogen-bond acceptors (Lipinski definition) is 4. The Bertz CT molecular complexity index is 819. The van der Waals surface area contributed by atoms with Gasteiger partial charge in [-0.25, -0.2) is 0 Å². The number of rotatable bonds is 2. The molecule has 0 aliphatic carbocycles. The third-order valence-electron chi connectivity index (χ3n) is 4.63. The molecule has 0 saturated carbocycles. The summed E-state index contributed by atoms with van der Waals surface area (Å²) in [7, 11) is 0. The average Bonchev–Trinajstić information content (AvgIpc) is 3.25. The van der Waals surface area contributed by atoms with Gasteiger partial charge in [-0.2, -0.15) is 24.3 Å². The number of ether oxygens (including phenoxy) is 2. The third-order valence-corrected chi connectivity index (χ3v) is 4.63. The third kappa shape index (κ3) is 5.30. The van der Waals surface area contributed by atoms with Crippen LogP contribution in [0.5, 0.6) is 11.5 Å². The first-order valence-electron chi connectivity index (χ1n) is 8.48. The van der Waals surface area contributed by atoms with Gasteiger partial charge in [0, 0.05) is 76.9 Å². The van der Waals surface area contributed by atoms with Gasteiger partial charge in [-0.1, -0.05) is 19.4 Å². The van der Waals surface area contributed by atoms with Crippen molar-refractivity contribution in [3.05, 3.63) is 57.6 Å². The van der Waals surface area contributed by atoms with Crippen LogP contribution in [0.1, 0.15) is 49.9 Å². The molecule has 28 heavy (non-hydrogen) atoms. The molecular formula is C21H20O5Y2-2. The Morgan fingerprint density at radius 2 is 1.32 bits per heavy atom. The van der Waals surface area contributed by atoms with Crippen LogP contribution >= 0.6 is 0 Å². The van der Waals surface area contributed by atoms with E-state index in [1.807, 2.05) is 6.92 Å². The molecule has 0 spiro atoms. The number of carboxylic acid groups (broad SMARTS) is 1. The molecule has 1 N–H and O–H groups in total. The summed E-state index contributed by atoms with van der Waals surface area (Å²) in [6.45, 7) is 6.61. The van der Waals surface area contributed by atoms with Gasteiger partial charge in [0.1, 0.15) is 5.78 Å². The SMILES string of the molecule is CC(=O)c1c[c-]c2c(c1C)OCC2.Cc1c(C(=O)O)c[c-]c2c1OCC2.[Y].[Y]. The van der Waals surface area contributed by atoms with Gasteiger partial charge in [0.15, 0.2) is 0 Å². The number of carbonyl (C=O) groups is 2. The molecule has 0 amide bonds. The monoisotopic (exact) mass is 530 g/mol. The molecule has 4 rings (SSSR count). The molecule has 5 nitrogen and oxygen atoms in total. The van der Waals surface area contributed by atoms with E-state index in [9.17, 15) is 9.59 Å². The first kappa shape index (κ1) is 25.4. The Hall–Kier alpha value is -0.612. The minimum Gasteiger partial charge on any atom is -0.550 e. The van der Waals surface area contributed by atoms with Crippen LogP contribution < -0.4 is 9.47 Å². The van der Waals surface area contributed by atoms with E-state index < -0.39 is 5.97 Å². The molecule has 0 saturated heterocycles. The van der Waals surface area contributed by atoms with Crippen LogP contribution in [0.25, 0.3) is 0 Å². The topological polar surface area (TPSA) is 72.8 Å². The van der Waals surface area contributed by atoms with E-state index >= 15 is 0 Å². The standard InChI is InChI=1S/C11H11O2.C10H9O3.2Y/c1-7-10(8(2)12)4-3-9-5-6-13-11(7)9;1-6-8(10(11)12)3-2-7-4-5-13-9(6)7;;/h4H,5-6H2,1-2H3;3H,4-5H2,1H3,(H,11,12);;/q2*-1;;. The number of Topliss-reactive ketones (excluding diaryl/α,β-unsaturated/α-hetero) is 1. The van der Waals surface area contributed by atoms with E-state index in [1.165, 1.54) is 6.07 Å². The van der Waals surface area contributed by atoms with E-state index in [0.717, 1.165) is 40.8 Å². The summed E-state index contributed by atoms with van der Waals surface area (Å²) in [6, 6.07) is 9.32. The first-order chi connectivity index (χ1) is 12.4. The van der Waals surface area contributed by atoms with Crippen molar-refractivity contribution >= 4 is 11.8 Å². The normalized spacial score (nSPS) is 12.7. The van der Waals surface area contributed by atoms with Crippen molar-refractivity contribution < 1.29 is 89.6 Å². The van der Waals surface area contributed by atoms with Crippen molar-refractivity contribution in [2.75, 3.05) is 13.2 Å². The van der Waals surface area contributed by atoms with Crippen LogP contribution in [0.4, 0.5) is 0 Å². The number of carbonyl (C=O) groups excluding carboxylic acids is 1. The average molecular weight is 530 g/mol. The molecule has 0 unspecified atom stereocenters. The van der Waals surface area contributed by atoms with E-state index in [1.54, 1.807) is 19.9 Å². The Morgan fingerprint density at radius 3 is 1.75 bits per heavy atom. The number of fused-ring (bicyclic) bond motifs is 2. The fourth-order valence-corrected chi connectivity index (χ4v) is 3.22. The van der Waals surface area contributed by atoms with Gasteiger partial charge in [0.05, 0.1) is 13.2 Å². The minimum absolute atomic E-state index is 0. The molecule has 0 bridgehead atoms. The molecule has 2 radical (unpaired) electrons. The van der Waals surface area contributed by atoms with Gasteiger partial charge in [-0.3, -0.25) is 4.79 Å². The zero-order chi connectivity index (χ0) is 18.8. The molecule has 0 fully saturated rings. The number of ketones is 1. The molecule has 2 aliphatic rings. The molecule has 7 heteroatoms. The van der Waals surface area contributed by atoms with Crippen molar-refractivity contribution in [1.82, 2.24) is 0 Å². The Balaban J connectivity index is 0.000000261. The van der Waals surface area contributed by atoms with Gasteiger partial charge in [0.2, 0.25) is 0 Å². The second kappa shape index (κ2) is 11.0. The first-order valence-corrected chi connectivity index (χ1v) is 8.48. The zero-order valence-electron chi connectivity index (χ0n) is 16.2. The van der Waals surface area contributed by atoms with E-state index in [4.69, 9.17) is 14.6 Å². The molecule has 142 valence electrons. The predicted octanol–water partition coefficient (Wildman–Crippen LogP) is 3.36. The van der Waals surface area contributed by atoms with Gasteiger partial charge in [-0.05, 0) is 25.3 Å². The van der Waals surface area contributed by atoms with Crippen molar-refractivity contribution in [2.45, 2.75) is 33.6 Å². The van der Waals surface area contributed by atoms with Gasteiger partial charge < -0.3 is 19.4 Å². The Morgan fingerprint density at radius 1 is 0.893 bits per heavy atom. The van der Waals surface area contributed by atoms with Gasteiger partial charge >= 0.3 is 0 Å². The van der Waals surface area contributed by atoms with Crippen LogP contribution in [0.15, 0.2) is 12.1 Å². The maximum absolute atomic E-state index is 11.2. The summed E-state index contributed by atoms with van der Waals surface area (Å²) in [5.41, 5.74) is 4.75. The molecule has 0 aromatic heterocycles. The van der Waals surface area contributed by atoms with Gasteiger partial charge in [-0.15, -0.1) is 22.3 Å². The second-order valence-corrected chi connectivity index (χ2v) is 6.33. The van der Waals surface area contributed by atoms with Crippen molar-refractivity contribution in [3.63, 3.8) is 0 Å². The fraction of sp³-hybridized carbons (Fsp3) is 0.333. The number of benzene rings is 2. The summed E-state index contributed by atoms with van der Waals surface area (Å²) < 4.78 is 10.8. The molecule has 2 aliphatic heterocycles. The summed E-state index contributed by atoms with van der Waals surface area (Å²) in [5.74, 6) is 0.728. The maximum atomic E-state index is 11.2. The summed E-state index contributed by atoms with van der Waals surface area (Å²) in [5, 5.41) is 8.82. The Kier molecular flexibility index (Phi) is 9.95. The Labute approximate surface area is 215 Å². The molecule has 2 aromatic carbocycles. The quantitative estimate of drug-likeness (QED) is 0.477. The van der Waals surface area contributed by atoms with Crippen LogP contribution in [-0.4, -0.2) is 30.1 Å². The van der Waals surface area contributed by atoms with Crippen LogP contribution in [0.2, 0.25) is 0 Å². The zero-order valence-corrected chi connectivity index (χ0v) is 21.9. The molecule has 2 aromatic rings. The summed E-state index contributed by atoms with van der Waals surface area (Å²) >= 11 is 0. The maximum Gasteiger partial charge on any atom is 0.279 e. The predicted molar refractivity (Wildman–Crippen MR) is 95.4 cm³/mol. The number of aromatic carboxylic acids is 1. The van der Waals surface area contributed by atoms with E-state index in [-0.39, 0.29) is 76.8 Å². The van der Waals surface area contributed by atoms with E-state index in [2.05, 4.69) is 12.1 Å². The van der Waals surface area contributed by atoms with Crippen LogP contribution in [0.3, 0.4) is 0 Å². The summed E-state index contributed by atoms with van der Waals surface area (Å²) in [4.78, 5) is 21.9. The second-order valence-electron chi connectivity index (χ2n) is 6.33. The van der Waals surface area contributed by atoms with Crippen molar-refractivity contribution in [2.24, 2.45) is 0 Å². The number of carboxylic acids is 1. The molecule has 2 heterocycles. The largest absolute Gasteiger partial charge is 0.550 e. The number of hydrogen-bond donors (Lipinski definition) is 1. The van der Waals surface area contributed by atoms with Crippen LogP contribution in [-0.2, 0) is 78.3 Å². The van der Waals surface area contributed by atoms with Crippen molar-refractivity contribution in [1.29, 1.82) is 0 Å².